The fourth-order valence-electron chi connectivity index (χ4n) is 2.23. The van der Waals surface area contributed by atoms with Gasteiger partial charge in [0.1, 0.15) is 5.76 Å². The lowest BCUT2D eigenvalue weighted by atomic mass is 10.2. The number of likely N-dealkylation sites (N-methyl/N-ethyl adjacent to an activating group) is 1. The molecule has 2 rings (SSSR count). The summed E-state index contributed by atoms with van der Waals surface area (Å²) in [6.07, 6.45) is 1.66. The minimum absolute atomic E-state index is 0.0419. The molecule has 0 aliphatic rings. The lowest BCUT2D eigenvalue weighted by molar-refractivity contribution is -0.120. The molecule has 0 bridgehead atoms. The van der Waals surface area contributed by atoms with E-state index in [-0.39, 0.29) is 17.2 Å². The van der Waals surface area contributed by atoms with E-state index in [1.54, 1.807) is 18.0 Å². The van der Waals surface area contributed by atoms with E-state index < -0.39 is 0 Å². The molecule has 0 saturated carbocycles. The lowest BCUT2D eigenvalue weighted by Gasteiger charge is -2.23. The van der Waals surface area contributed by atoms with Crippen molar-refractivity contribution in [2.45, 2.75) is 24.0 Å². The zero-order valence-electron chi connectivity index (χ0n) is 13.9. The summed E-state index contributed by atoms with van der Waals surface area (Å²) in [5, 5.41) is 2.94. The first-order valence-electron chi connectivity index (χ1n) is 7.71. The van der Waals surface area contributed by atoms with Gasteiger partial charge in [0.25, 0.3) is 0 Å². The molecule has 0 aliphatic heterocycles. The van der Waals surface area contributed by atoms with Crippen LogP contribution >= 0.6 is 11.8 Å². The number of nitrogens with one attached hydrogen (secondary N) is 1. The SMILES string of the molecule is C[C@@H](SCc1ccccc1)C(=O)NC[C@@H](c1ccco1)N(C)C. The van der Waals surface area contributed by atoms with Crippen LogP contribution < -0.4 is 5.32 Å². The van der Waals surface area contributed by atoms with Gasteiger partial charge in [0.05, 0.1) is 17.6 Å². The number of furan rings is 1. The minimum atomic E-state index is -0.0883. The van der Waals surface area contributed by atoms with Crippen LogP contribution in [0.2, 0.25) is 0 Å². The Balaban J connectivity index is 1.81. The monoisotopic (exact) mass is 332 g/mol. The normalized spacial score (nSPS) is 13.7. The molecule has 0 aliphatic carbocycles. The molecule has 0 saturated heterocycles. The summed E-state index contributed by atoms with van der Waals surface area (Å²) in [4.78, 5) is 14.3. The van der Waals surface area contributed by atoms with Gasteiger partial charge in [0.2, 0.25) is 5.91 Å². The highest BCUT2D eigenvalue weighted by Gasteiger charge is 2.20. The Labute approximate surface area is 142 Å². The smallest absolute Gasteiger partial charge is 0.232 e. The molecule has 0 unspecified atom stereocenters. The first kappa shape index (κ1) is 17.6. The van der Waals surface area contributed by atoms with Crippen molar-refractivity contribution in [1.82, 2.24) is 10.2 Å². The Kier molecular flexibility index (Phi) is 6.74. The largest absolute Gasteiger partial charge is 0.468 e. The number of carbonyl (C=O) groups excluding carboxylic acids is 1. The van der Waals surface area contributed by atoms with Gasteiger partial charge in [-0.05, 0) is 38.7 Å². The van der Waals surface area contributed by atoms with E-state index in [9.17, 15) is 4.79 Å². The number of carbonyl (C=O) groups is 1. The third kappa shape index (κ3) is 5.44. The molecule has 0 spiro atoms. The second kappa shape index (κ2) is 8.79. The molecule has 1 aromatic heterocycles. The van der Waals surface area contributed by atoms with Gasteiger partial charge in [-0.2, -0.15) is 0 Å². The summed E-state index contributed by atoms with van der Waals surface area (Å²) >= 11 is 1.65. The molecular weight excluding hydrogens is 308 g/mol. The third-order valence-corrected chi connectivity index (χ3v) is 4.89. The van der Waals surface area contributed by atoms with E-state index >= 15 is 0 Å². The first-order valence-corrected chi connectivity index (χ1v) is 8.76. The van der Waals surface area contributed by atoms with Crippen molar-refractivity contribution < 1.29 is 9.21 Å². The van der Waals surface area contributed by atoms with E-state index in [1.165, 1.54) is 5.56 Å². The summed E-state index contributed by atoms with van der Waals surface area (Å²) < 4.78 is 5.46. The topological polar surface area (TPSA) is 45.5 Å². The van der Waals surface area contributed by atoms with E-state index in [2.05, 4.69) is 17.4 Å². The maximum atomic E-state index is 12.3. The van der Waals surface area contributed by atoms with Crippen molar-refractivity contribution in [2.75, 3.05) is 20.6 Å². The Morgan fingerprint density at radius 2 is 1.96 bits per heavy atom. The van der Waals surface area contributed by atoms with Gasteiger partial charge in [-0.1, -0.05) is 30.3 Å². The van der Waals surface area contributed by atoms with Crippen LogP contribution in [0, 0.1) is 0 Å². The molecule has 2 atom stereocenters. The van der Waals surface area contributed by atoms with Crippen LogP contribution in [0.5, 0.6) is 0 Å². The van der Waals surface area contributed by atoms with E-state index in [4.69, 9.17) is 4.42 Å². The fourth-order valence-corrected chi connectivity index (χ4v) is 3.10. The van der Waals surface area contributed by atoms with Crippen molar-refractivity contribution >= 4 is 17.7 Å². The second-order valence-corrected chi connectivity index (χ2v) is 7.01. The molecule has 1 amide bonds. The van der Waals surface area contributed by atoms with Crippen LogP contribution in [0.4, 0.5) is 0 Å². The van der Waals surface area contributed by atoms with Gasteiger partial charge in [-0.15, -0.1) is 11.8 Å². The zero-order valence-corrected chi connectivity index (χ0v) is 14.7. The highest BCUT2D eigenvalue weighted by molar-refractivity contribution is 7.99. The Morgan fingerprint density at radius 1 is 1.22 bits per heavy atom. The molecule has 1 aromatic carbocycles. The Hall–Kier alpha value is -1.72. The van der Waals surface area contributed by atoms with Crippen LogP contribution in [0.1, 0.15) is 24.3 Å². The molecule has 1 heterocycles. The molecule has 23 heavy (non-hydrogen) atoms. The predicted octanol–water partition coefficient (Wildman–Crippen LogP) is 3.32. The van der Waals surface area contributed by atoms with Crippen LogP contribution in [0.3, 0.4) is 0 Å². The average molecular weight is 332 g/mol. The van der Waals surface area contributed by atoms with E-state index in [0.717, 1.165) is 11.5 Å². The quantitative estimate of drug-likeness (QED) is 0.805. The predicted molar refractivity (Wildman–Crippen MR) is 95.3 cm³/mol. The van der Waals surface area contributed by atoms with Crippen molar-refractivity contribution in [3.63, 3.8) is 0 Å². The van der Waals surface area contributed by atoms with Gasteiger partial charge in [-0.25, -0.2) is 0 Å². The van der Waals surface area contributed by atoms with Gasteiger partial charge in [-0.3, -0.25) is 9.69 Å². The molecule has 0 radical (unpaired) electrons. The van der Waals surface area contributed by atoms with Crippen LogP contribution in [0.25, 0.3) is 0 Å². The van der Waals surface area contributed by atoms with Gasteiger partial charge >= 0.3 is 0 Å². The molecule has 2 aromatic rings. The number of thioether (sulfide) groups is 1. The number of hydrogen-bond acceptors (Lipinski definition) is 4. The zero-order chi connectivity index (χ0) is 16.7. The molecular formula is C18H24N2O2S. The van der Waals surface area contributed by atoms with Crippen LogP contribution in [-0.2, 0) is 10.5 Å². The van der Waals surface area contributed by atoms with Crippen molar-refractivity contribution in [1.29, 1.82) is 0 Å². The number of amides is 1. The van der Waals surface area contributed by atoms with Gasteiger partial charge in [0.15, 0.2) is 0 Å². The summed E-state index contributed by atoms with van der Waals surface area (Å²) in [7, 11) is 3.96. The Morgan fingerprint density at radius 3 is 2.57 bits per heavy atom. The molecule has 0 fully saturated rings. The molecule has 4 nitrogen and oxygen atoms in total. The third-order valence-electron chi connectivity index (χ3n) is 3.68. The van der Waals surface area contributed by atoms with Crippen molar-refractivity contribution in [3.8, 4) is 0 Å². The lowest BCUT2D eigenvalue weighted by Crippen LogP contribution is -2.37. The van der Waals surface area contributed by atoms with Crippen LogP contribution in [-0.4, -0.2) is 36.7 Å². The highest BCUT2D eigenvalue weighted by Crippen LogP contribution is 2.20. The number of benzene rings is 1. The van der Waals surface area contributed by atoms with Gasteiger partial charge < -0.3 is 9.73 Å². The first-order chi connectivity index (χ1) is 11.1. The number of rotatable bonds is 8. The molecule has 1 N–H and O–H groups in total. The van der Waals surface area contributed by atoms with Crippen molar-refractivity contribution in [3.05, 3.63) is 60.1 Å². The average Bonchev–Trinajstić information content (AvgIpc) is 3.07. The van der Waals surface area contributed by atoms with Crippen LogP contribution in [0.15, 0.2) is 53.1 Å². The fraction of sp³-hybridized carbons (Fsp3) is 0.389. The summed E-state index contributed by atoms with van der Waals surface area (Å²) in [6, 6.07) is 14.0. The number of nitrogens with zero attached hydrogens (tertiary/aromatic N) is 1. The Bertz CT molecular complexity index is 584. The minimum Gasteiger partial charge on any atom is -0.468 e. The van der Waals surface area contributed by atoms with E-state index in [0.29, 0.717) is 6.54 Å². The standard InChI is InChI=1S/C18H24N2O2S/c1-14(23-13-15-8-5-4-6-9-15)18(21)19-12-16(20(2)3)17-10-7-11-22-17/h4-11,14,16H,12-13H2,1-3H3,(H,19,21)/t14-,16+/m1/s1. The van der Waals surface area contributed by atoms with Crippen molar-refractivity contribution in [2.24, 2.45) is 0 Å². The molecule has 5 heteroatoms. The molecule has 124 valence electrons. The summed E-state index contributed by atoms with van der Waals surface area (Å²) in [5.41, 5.74) is 1.24. The highest BCUT2D eigenvalue weighted by atomic mass is 32.2. The maximum absolute atomic E-state index is 12.3. The van der Waals surface area contributed by atoms with Gasteiger partial charge in [0, 0.05) is 12.3 Å². The summed E-state index contributed by atoms with van der Waals surface area (Å²) in [5.74, 6) is 1.76. The summed E-state index contributed by atoms with van der Waals surface area (Å²) in [6.45, 7) is 2.48. The second-order valence-electron chi connectivity index (χ2n) is 5.68. The maximum Gasteiger partial charge on any atom is 0.232 e. The van der Waals surface area contributed by atoms with E-state index in [1.807, 2.05) is 56.3 Å². The number of hydrogen-bond donors (Lipinski definition) is 1.